The molecule has 7 heteroatoms. The lowest BCUT2D eigenvalue weighted by Crippen LogP contribution is -2.17. The van der Waals surface area contributed by atoms with Gasteiger partial charge < -0.3 is 10.1 Å². The molecular formula is C25H28N2O4S. The summed E-state index contributed by atoms with van der Waals surface area (Å²) in [6, 6.07) is 17.3. The molecule has 1 amide bonds. The minimum Gasteiger partial charge on any atom is -0.495 e. The number of ether oxygens (including phenoxy) is 1. The maximum absolute atomic E-state index is 13.2. The maximum Gasteiger partial charge on any atom is 0.261 e. The van der Waals surface area contributed by atoms with Gasteiger partial charge in [-0.1, -0.05) is 50.2 Å². The topological polar surface area (TPSA) is 84.5 Å². The summed E-state index contributed by atoms with van der Waals surface area (Å²) in [5.74, 6) is 0.168. The summed E-state index contributed by atoms with van der Waals surface area (Å²) < 4.78 is 34.5. The fourth-order valence-corrected chi connectivity index (χ4v) is 4.66. The van der Waals surface area contributed by atoms with Crippen LogP contribution in [0.15, 0.2) is 65.6 Å². The molecule has 0 aliphatic heterocycles. The molecule has 3 rings (SSSR count). The SMILES string of the molecule is COc1ccc(S(=O)(=O)Nc2c(C)cccc2C(C)C)cc1NC(=O)c1ccccc1C. The van der Waals surface area contributed by atoms with Gasteiger partial charge in [-0.3, -0.25) is 9.52 Å². The number of methoxy groups -OCH3 is 1. The second kappa shape index (κ2) is 9.44. The molecule has 0 aromatic heterocycles. The Kier molecular flexibility index (Phi) is 6.89. The van der Waals surface area contributed by atoms with Gasteiger partial charge >= 0.3 is 0 Å². The molecule has 0 aliphatic carbocycles. The van der Waals surface area contributed by atoms with Gasteiger partial charge in [0, 0.05) is 5.56 Å². The molecule has 3 aromatic rings. The van der Waals surface area contributed by atoms with Crippen LogP contribution in [0.2, 0.25) is 0 Å². The van der Waals surface area contributed by atoms with Gasteiger partial charge in [0.25, 0.3) is 15.9 Å². The zero-order valence-electron chi connectivity index (χ0n) is 18.9. The van der Waals surface area contributed by atoms with Crippen molar-refractivity contribution >= 4 is 27.3 Å². The standard InChI is InChI=1S/C25H28N2O4S/c1-16(2)20-12-8-10-18(4)24(20)27-32(29,30)19-13-14-23(31-5)22(15-19)26-25(28)21-11-7-6-9-17(21)3/h6-16,27H,1-5H3,(H,26,28). The molecule has 32 heavy (non-hydrogen) atoms. The van der Waals surface area contributed by atoms with Gasteiger partial charge in [0.2, 0.25) is 0 Å². The van der Waals surface area contributed by atoms with Crippen molar-refractivity contribution < 1.29 is 17.9 Å². The first-order valence-corrected chi connectivity index (χ1v) is 11.8. The van der Waals surface area contributed by atoms with E-state index in [2.05, 4.69) is 10.0 Å². The summed E-state index contributed by atoms with van der Waals surface area (Å²) in [5, 5.41) is 2.78. The van der Waals surface area contributed by atoms with Gasteiger partial charge in [-0.05, 0) is 60.7 Å². The molecule has 0 unspecified atom stereocenters. The number of para-hydroxylation sites is 1. The van der Waals surface area contributed by atoms with E-state index in [1.54, 1.807) is 12.1 Å². The molecule has 0 spiro atoms. The monoisotopic (exact) mass is 452 g/mol. The molecule has 0 saturated carbocycles. The largest absolute Gasteiger partial charge is 0.495 e. The average Bonchev–Trinajstić information content (AvgIpc) is 2.75. The van der Waals surface area contributed by atoms with Crippen LogP contribution in [0, 0.1) is 13.8 Å². The molecule has 168 valence electrons. The Morgan fingerprint density at radius 3 is 2.28 bits per heavy atom. The number of anilines is 2. The summed E-state index contributed by atoms with van der Waals surface area (Å²) in [5.41, 5.74) is 3.91. The van der Waals surface area contributed by atoms with E-state index in [0.29, 0.717) is 17.0 Å². The van der Waals surface area contributed by atoms with Crippen molar-refractivity contribution in [2.24, 2.45) is 0 Å². The van der Waals surface area contributed by atoms with E-state index < -0.39 is 10.0 Å². The maximum atomic E-state index is 13.2. The minimum absolute atomic E-state index is 0.0244. The van der Waals surface area contributed by atoms with E-state index in [4.69, 9.17) is 4.74 Å². The smallest absolute Gasteiger partial charge is 0.261 e. The molecule has 0 saturated heterocycles. The van der Waals surface area contributed by atoms with Crippen molar-refractivity contribution in [1.29, 1.82) is 0 Å². The lowest BCUT2D eigenvalue weighted by molar-refractivity contribution is 0.102. The Morgan fingerprint density at radius 2 is 1.62 bits per heavy atom. The Bertz CT molecular complexity index is 1250. The van der Waals surface area contributed by atoms with Crippen LogP contribution in [-0.4, -0.2) is 21.4 Å². The van der Waals surface area contributed by atoms with Crippen molar-refractivity contribution in [2.75, 3.05) is 17.1 Å². The Labute approximate surface area is 189 Å². The van der Waals surface area contributed by atoms with E-state index in [9.17, 15) is 13.2 Å². The highest BCUT2D eigenvalue weighted by atomic mass is 32.2. The normalized spacial score (nSPS) is 11.3. The predicted octanol–water partition coefficient (Wildman–Crippen LogP) is 5.49. The van der Waals surface area contributed by atoms with E-state index >= 15 is 0 Å². The molecule has 2 N–H and O–H groups in total. The fraction of sp³-hybridized carbons (Fsp3) is 0.240. The van der Waals surface area contributed by atoms with Crippen LogP contribution in [-0.2, 0) is 10.0 Å². The number of hydrogen-bond acceptors (Lipinski definition) is 4. The second-order valence-electron chi connectivity index (χ2n) is 7.93. The molecule has 0 heterocycles. The summed E-state index contributed by atoms with van der Waals surface area (Å²) in [4.78, 5) is 12.8. The van der Waals surface area contributed by atoms with Crippen molar-refractivity contribution in [2.45, 2.75) is 38.5 Å². The highest BCUT2D eigenvalue weighted by Gasteiger charge is 2.21. The lowest BCUT2D eigenvalue weighted by Gasteiger charge is -2.18. The molecule has 3 aromatic carbocycles. The van der Waals surface area contributed by atoms with Crippen LogP contribution in [0.25, 0.3) is 0 Å². The van der Waals surface area contributed by atoms with E-state index in [-0.39, 0.29) is 22.4 Å². The van der Waals surface area contributed by atoms with Gasteiger partial charge in [-0.15, -0.1) is 0 Å². The van der Waals surface area contributed by atoms with E-state index in [1.165, 1.54) is 25.3 Å². The first kappa shape index (κ1) is 23.3. The van der Waals surface area contributed by atoms with Crippen molar-refractivity contribution in [3.8, 4) is 5.75 Å². The molecule has 0 fully saturated rings. The first-order valence-electron chi connectivity index (χ1n) is 10.3. The van der Waals surface area contributed by atoms with Crippen LogP contribution in [0.3, 0.4) is 0 Å². The van der Waals surface area contributed by atoms with E-state index in [1.807, 2.05) is 58.0 Å². The molecule has 0 atom stereocenters. The lowest BCUT2D eigenvalue weighted by atomic mass is 9.99. The average molecular weight is 453 g/mol. The Morgan fingerprint density at radius 1 is 0.938 bits per heavy atom. The number of benzene rings is 3. The quantitative estimate of drug-likeness (QED) is 0.497. The number of nitrogens with one attached hydrogen (secondary N) is 2. The van der Waals surface area contributed by atoms with Crippen molar-refractivity contribution in [1.82, 2.24) is 0 Å². The van der Waals surface area contributed by atoms with Gasteiger partial charge in [-0.2, -0.15) is 0 Å². The predicted molar refractivity (Wildman–Crippen MR) is 128 cm³/mol. The highest BCUT2D eigenvalue weighted by molar-refractivity contribution is 7.92. The number of sulfonamides is 1. The fourth-order valence-electron chi connectivity index (χ4n) is 3.47. The Hall–Kier alpha value is -3.32. The van der Waals surface area contributed by atoms with Crippen LogP contribution >= 0.6 is 0 Å². The third-order valence-electron chi connectivity index (χ3n) is 5.28. The first-order chi connectivity index (χ1) is 15.1. The number of amides is 1. The third-order valence-corrected chi connectivity index (χ3v) is 6.63. The van der Waals surface area contributed by atoms with Gasteiger partial charge in [0.1, 0.15) is 5.75 Å². The summed E-state index contributed by atoms with van der Waals surface area (Å²) in [6.45, 7) is 7.73. The molecule has 0 aliphatic rings. The number of rotatable bonds is 7. The Balaban J connectivity index is 1.97. The number of carbonyl (C=O) groups is 1. The van der Waals surface area contributed by atoms with Crippen LogP contribution < -0.4 is 14.8 Å². The van der Waals surface area contributed by atoms with Crippen LogP contribution in [0.4, 0.5) is 11.4 Å². The van der Waals surface area contributed by atoms with Gasteiger partial charge in [0.15, 0.2) is 0 Å². The summed E-state index contributed by atoms with van der Waals surface area (Å²) in [7, 11) is -2.44. The molecule has 0 radical (unpaired) electrons. The molecule has 0 bridgehead atoms. The van der Waals surface area contributed by atoms with Crippen molar-refractivity contribution in [3.05, 3.63) is 82.9 Å². The van der Waals surface area contributed by atoms with Crippen molar-refractivity contribution in [3.63, 3.8) is 0 Å². The van der Waals surface area contributed by atoms with Crippen LogP contribution in [0.5, 0.6) is 5.75 Å². The third kappa shape index (κ3) is 4.94. The minimum atomic E-state index is -3.90. The van der Waals surface area contributed by atoms with Gasteiger partial charge in [0.05, 0.1) is 23.4 Å². The summed E-state index contributed by atoms with van der Waals surface area (Å²) >= 11 is 0. The van der Waals surface area contributed by atoms with Crippen LogP contribution in [0.1, 0.15) is 46.8 Å². The van der Waals surface area contributed by atoms with E-state index in [0.717, 1.165) is 16.7 Å². The highest BCUT2D eigenvalue weighted by Crippen LogP contribution is 2.32. The zero-order chi connectivity index (χ0) is 23.5. The number of hydrogen-bond donors (Lipinski definition) is 2. The zero-order valence-corrected chi connectivity index (χ0v) is 19.7. The molecule has 6 nitrogen and oxygen atoms in total. The molecular weight excluding hydrogens is 424 g/mol. The second-order valence-corrected chi connectivity index (χ2v) is 9.61. The number of aryl methyl sites for hydroxylation is 2. The summed E-state index contributed by atoms with van der Waals surface area (Å²) in [6.07, 6.45) is 0. The number of carbonyl (C=O) groups excluding carboxylic acids is 1. The van der Waals surface area contributed by atoms with Gasteiger partial charge in [-0.25, -0.2) is 8.42 Å².